The Morgan fingerprint density at radius 1 is 1.32 bits per heavy atom. The fourth-order valence-corrected chi connectivity index (χ4v) is 2.89. The van der Waals surface area contributed by atoms with Crippen LogP contribution in [0.4, 0.5) is 18.9 Å². The third kappa shape index (κ3) is 3.27. The third-order valence-electron chi connectivity index (χ3n) is 3.02. The average molecular weight is 329 g/mol. The van der Waals surface area contributed by atoms with Crippen molar-refractivity contribution >= 4 is 29.1 Å². The Labute approximate surface area is 129 Å². The summed E-state index contributed by atoms with van der Waals surface area (Å²) < 4.78 is 39.0. The number of alkyl halides is 3. The predicted octanol–water partition coefficient (Wildman–Crippen LogP) is 3.18. The number of benzene rings is 1. The molecular weight excluding hydrogens is 315 g/mol. The highest BCUT2D eigenvalue weighted by molar-refractivity contribution is 8.04. The van der Waals surface area contributed by atoms with Gasteiger partial charge < -0.3 is 10.2 Å². The molecule has 1 aromatic carbocycles. The summed E-state index contributed by atoms with van der Waals surface area (Å²) in [6.45, 7) is 0. The Balaban J connectivity index is 2.42. The molecule has 0 atom stereocenters. The van der Waals surface area contributed by atoms with Gasteiger partial charge in [0.15, 0.2) is 5.78 Å². The van der Waals surface area contributed by atoms with Crippen molar-refractivity contribution in [1.82, 2.24) is 4.90 Å². The zero-order chi connectivity index (χ0) is 16.5. The highest BCUT2D eigenvalue weighted by Crippen LogP contribution is 2.38. The first-order valence-corrected chi connectivity index (χ1v) is 7.30. The van der Waals surface area contributed by atoms with E-state index < -0.39 is 11.7 Å². The first-order valence-electron chi connectivity index (χ1n) is 6.31. The van der Waals surface area contributed by atoms with Gasteiger partial charge in [0.1, 0.15) is 5.84 Å². The minimum Gasteiger partial charge on any atom is -0.363 e. The molecule has 118 valence electrons. The third-order valence-corrected chi connectivity index (χ3v) is 4.02. The Bertz CT molecular complexity index is 653. The summed E-state index contributed by atoms with van der Waals surface area (Å²) in [6.07, 6.45) is -4.49. The summed E-state index contributed by atoms with van der Waals surface area (Å²) >= 11 is 1.10. The van der Waals surface area contributed by atoms with E-state index in [0.29, 0.717) is 0 Å². The minimum atomic E-state index is -4.49. The van der Waals surface area contributed by atoms with E-state index >= 15 is 0 Å². The SMILES string of the molecule is CN(C)C(=N)C1=C(Nc2ccccc2C(F)(F)F)SCC1=O. The number of halogens is 3. The first-order chi connectivity index (χ1) is 10.2. The van der Waals surface area contributed by atoms with Crippen LogP contribution in [0.3, 0.4) is 0 Å². The second kappa shape index (κ2) is 6.04. The molecule has 0 unspecified atom stereocenters. The van der Waals surface area contributed by atoms with Crippen LogP contribution in [0.2, 0.25) is 0 Å². The second-order valence-electron chi connectivity index (χ2n) is 4.83. The van der Waals surface area contributed by atoms with Crippen LogP contribution in [0.1, 0.15) is 5.56 Å². The molecule has 0 aliphatic carbocycles. The Kier molecular flexibility index (Phi) is 4.50. The molecule has 0 saturated carbocycles. The molecular formula is C14H14F3N3OS. The van der Waals surface area contributed by atoms with E-state index in [1.807, 2.05) is 0 Å². The van der Waals surface area contributed by atoms with Crippen LogP contribution in [-0.4, -0.2) is 36.4 Å². The van der Waals surface area contributed by atoms with E-state index in [0.717, 1.165) is 17.8 Å². The molecule has 1 aromatic rings. The van der Waals surface area contributed by atoms with Crippen molar-refractivity contribution in [3.63, 3.8) is 0 Å². The number of ketones is 1. The molecule has 1 aliphatic heterocycles. The number of anilines is 1. The molecule has 0 spiro atoms. The lowest BCUT2D eigenvalue weighted by molar-refractivity contribution is -0.136. The molecule has 0 fully saturated rings. The van der Waals surface area contributed by atoms with Crippen molar-refractivity contribution in [2.24, 2.45) is 0 Å². The summed E-state index contributed by atoms with van der Waals surface area (Å²) in [6, 6.07) is 5.06. The zero-order valence-corrected chi connectivity index (χ0v) is 12.7. The normalized spacial score (nSPS) is 15.2. The summed E-state index contributed by atoms with van der Waals surface area (Å²) in [5, 5.41) is 10.9. The van der Waals surface area contributed by atoms with Gasteiger partial charge in [0, 0.05) is 14.1 Å². The number of rotatable bonds is 3. The number of hydrogen-bond acceptors (Lipinski definition) is 4. The lowest BCUT2D eigenvalue weighted by Crippen LogP contribution is -2.27. The Hall–Kier alpha value is -1.96. The molecule has 0 aromatic heterocycles. The van der Waals surface area contributed by atoms with Crippen LogP contribution in [-0.2, 0) is 11.0 Å². The largest absolute Gasteiger partial charge is 0.418 e. The van der Waals surface area contributed by atoms with Crippen LogP contribution in [0.25, 0.3) is 0 Å². The lowest BCUT2D eigenvalue weighted by Gasteiger charge is -2.18. The number of thioether (sulfide) groups is 1. The fraction of sp³-hybridized carbons (Fsp3) is 0.286. The maximum absolute atomic E-state index is 13.0. The van der Waals surface area contributed by atoms with E-state index in [1.54, 1.807) is 14.1 Å². The van der Waals surface area contributed by atoms with Gasteiger partial charge in [-0.1, -0.05) is 23.9 Å². The minimum absolute atomic E-state index is 0.0259. The quantitative estimate of drug-likeness (QED) is 0.660. The van der Waals surface area contributed by atoms with Crippen LogP contribution < -0.4 is 5.32 Å². The van der Waals surface area contributed by atoms with Crippen molar-refractivity contribution in [3.8, 4) is 0 Å². The van der Waals surface area contributed by atoms with Crippen molar-refractivity contribution in [2.45, 2.75) is 6.18 Å². The number of nitrogens with zero attached hydrogens (tertiary/aromatic N) is 1. The van der Waals surface area contributed by atoms with Gasteiger partial charge in [0.25, 0.3) is 0 Å². The summed E-state index contributed by atoms with van der Waals surface area (Å²) in [7, 11) is 3.21. The van der Waals surface area contributed by atoms with Crippen molar-refractivity contribution in [2.75, 3.05) is 25.2 Å². The topological polar surface area (TPSA) is 56.2 Å². The molecule has 0 bridgehead atoms. The van der Waals surface area contributed by atoms with Gasteiger partial charge in [0.2, 0.25) is 0 Å². The molecule has 22 heavy (non-hydrogen) atoms. The standard InChI is InChI=1S/C14H14F3N3OS/c1-20(2)12(18)11-10(21)7-22-13(11)19-9-6-4-3-5-8(9)14(15,16)17/h3-6,18-19H,7H2,1-2H3. The fourth-order valence-electron chi connectivity index (χ4n) is 1.93. The Morgan fingerprint density at radius 3 is 2.55 bits per heavy atom. The van der Waals surface area contributed by atoms with Gasteiger partial charge in [0.05, 0.1) is 27.6 Å². The number of hydrogen-bond donors (Lipinski definition) is 2. The van der Waals surface area contributed by atoms with Gasteiger partial charge in [-0.25, -0.2) is 0 Å². The van der Waals surface area contributed by atoms with Crippen LogP contribution in [0.15, 0.2) is 34.9 Å². The molecule has 2 N–H and O–H groups in total. The average Bonchev–Trinajstić information content (AvgIpc) is 2.78. The Morgan fingerprint density at radius 2 is 1.95 bits per heavy atom. The highest BCUT2D eigenvalue weighted by atomic mass is 32.2. The second-order valence-corrected chi connectivity index (χ2v) is 5.81. The molecule has 2 rings (SSSR count). The summed E-state index contributed by atoms with van der Waals surface area (Å²) in [5.74, 6) is -0.181. The number of amidine groups is 1. The van der Waals surface area contributed by atoms with Crippen molar-refractivity contribution in [1.29, 1.82) is 5.41 Å². The molecule has 1 aliphatic rings. The predicted molar refractivity (Wildman–Crippen MR) is 81.0 cm³/mol. The van der Waals surface area contributed by atoms with E-state index in [-0.39, 0.29) is 33.7 Å². The van der Waals surface area contributed by atoms with Gasteiger partial charge in [-0.15, -0.1) is 0 Å². The van der Waals surface area contributed by atoms with Crippen LogP contribution in [0, 0.1) is 5.41 Å². The smallest absolute Gasteiger partial charge is 0.363 e. The van der Waals surface area contributed by atoms with Gasteiger partial charge in [-0.3, -0.25) is 10.2 Å². The number of carbonyl (C=O) groups is 1. The summed E-state index contributed by atoms with van der Waals surface area (Å²) in [5.41, 5.74) is -0.818. The first kappa shape index (κ1) is 16.4. The molecule has 0 radical (unpaired) electrons. The van der Waals surface area contributed by atoms with E-state index in [2.05, 4.69) is 5.32 Å². The van der Waals surface area contributed by atoms with Gasteiger partial charge >= 0.3 is 6.18 Å². The number of carbonyl (C=O) groups excluding carboxylic acids is 1. The van der Waals surface area contributed by atoms with Crippen molar-refractivity contribution in [3.05, 3.63) is 40.4 Å². The number of Topliss-reactive ketones (excluding diaryl/α,β-unsaturated/α-hetero) is 1. The van der Waals surface area contributed by atoms with Crippen LogP contribution in [0.5, 0.6) is 0 Å². The van der Waals surface area contributed by atoms with E-state index in [4.69, 9.17) is 5.41 Å². The van der Waals surface area contributed by atoms with E-state index in [9.17, 15) is 18.0 Å². The number of likely N-dealkylation sites (N-methyl/N-ethyl adjacent to an activating group) is 1. The molecule has 8 heteroatoms. The lowest BCUT2D eigenvalue weighted by atomic mass is 10.1. The molecule has 0 amide bonds. The maximum atomic E-state index is 13.0. The van der Waals surface area contributed by atoms with Gasteiger partial charge in [-0.2, -0.15) is 13.2 Å². The van der Waals surface area contributed by atoms with Gasteiger partial charge in [-0.05, 0) is 12.1 Å². The van der Waals surface area contributed by atoms with E-state index in [1.165, 1.54) is 23.1 Å². The molecule has 4 nitrogen and oxygen atoms in total. The maximum Gasteiger partial charge on any atom is 0.418 e. The number of para-hydroxylation sites is 1. The number of nitrogens with one attached hydrogen (secondary N) is 2. The monoisotopic (exact) mass is 329 g/mol. The van der Waals surface area contributed by atoms with Crippen LogP contribution >= 0.6 is 11.8 Å². The molecule has 1 heterocycles. The zero-order valence-electron chi connectivity index (χ0n) is 11.9. The highest BCUT2D eigenvalue weighted by Gasteiger charge is 2.35. The van der Waals surface area contributed by atoms with Crippen molar-refractivity contribution < 1.29 is 18.0 Å². The molecule has 0 saturated heterocycles. The summed E-state index contributed by atoms with van der Waals surface area (Å²) in [4.78, 5) is 13.3.